The Morgan fingerprint density at radius 3 is 3.00 bits per heavy atom. The summed E-state index contributed by atoms with van der Waals surface area (Å²) >= 11 is 0. The predicted octanol–water partition coefficient (Wildman–Crippen LogP) is 1.35. The van der Waals surface area contributed by atoms with E-state index in [1.54, 1.807) is 0 Å². The quantitative estimate of drug-likeness (QED) is 0.225. The van der Waals surface area contributed by atoms with Crippen LogP contribution in [0.25, 0.3) is 0 Å². The average molecular weight is 251 g/mol. The van der Waals surface area contributed by atoms with Crippen molar-refractivity contribution in [3.63, 3.8) is 0 Å². The van der Waals surface area contributed by atoms with Gasteiger partial charge in [-0.1, -0.05) is 24.2 Å². The lowest BCUT2D eigenvalue weighted by Gasteiger charge is -2.11. The Kier molecular flexibility index (Phi) is 6.00. The van der Waals surface area contributed by atoms with Crippen molar-refractivity contribution >= 4 is 5.84 Å². The monoisotopic (exact) mass is 251 g/mol. The maximum Gasteiger partial charge on any atom is 0.143 e. The van der Waals surface area contributed by atoms with Crippen LogP contribution in [0.3, 0.4) is 0 Å². The molecule has 1 rings (SSSR count). The first-order chi connectivity index (χ1) is 8.63. The van der Waals surface area contributed by atoms with Gasteiger partial charge in [0.2, 0.25) is 0 Å². The summed E-state index contributed by atoms with van der Waals surface area (Å²) in [6.07, 6.45) is 0. The molecule has 18 heavy (non-hydrogen) atoms. The molecule has 5 nitrogen and oxygen atoms in total. The summed E-state index contributed by atoms with van der Waals surface area (Å²) in [6.45, 7) is 5.89. The maximum absolute atomic E-state index is 8.49. The van der Waals surface area contributed by atoms with E-state index in [0.717, 1.165) is 12.3 Å². The molecule has 0 amide bonds. The van der Waals surface area contributed by atoms with Gasteiger partial charge in [-0.05, 0) is 24.6 Å². The molecule has 0 saturated carbocycles. The normalized spacial score (nSPS) is 13.3. The minimum atomic E-state index is 0.00831. The summed E-state index contributed by atoms with van der Waals surface area (Å²) in [6, 6.07) is 7.94. The Morgan fingerprint density at radius 1 is 1.56 bits per heavy atom. The summed E-state index contributed by atoms with van der Waals surface area (Å²) in [5, 5.41) is 14.6. The molecule has 0 aliphatic heterocycles. The number of amidine groups is 1. The van der Waals surface area contributed by atoms with Gasteiger partial charge in [-0.2, -0.15) is 0 Å². The standard InChI is InChI=1S/C13H21N3O2/c1-10-4-3-5-12(8-10)18-7-6-15-9-11(2)13(14)16-17/h3-5,8,11,15,17H,6-7,9H2,1-2H3,(H2,14,16). The summed E-state index contributed by atoms with van der Waals surface area (Å²) in [5.74, 6) is 1.12. The maximum atomic E-state index is 8.49. The van der Waals surface area contributed by atoms with Crippen molar-refractivity contribution in [2.45, 2.75) is 13.8 Å². The first-order valence-electron chi connectivity index (χ1n) is 6.01. The molecule has 1 unspecified atom stereocenters. The van der Waals surface area contributed by atoms with Gasteiger partial charge in [-0.15, -0.1) is 0 Å². The van der Waals surface area contributed by atoms with Crippen molar-refractivity contribution in [2.75, 3.05) is 19.7 Å². The van der Waals surface area contributed by atoms with Crippen LogP contribution in [-0.2, 0) is 0 Å². The molecule has 1 aromatic rings. The zero-order valence-corrected chi connectivity index (χ0v) is 10.9. The van der Waals surface area contributed by atoms with Crippen LogP contribution in [0.15, 0.2) is 29.4 Å². The molecule has 4 N–H and O–H groups in total. The van der Waals surface area contributed by atoms with Crippen molar-refractivity contribution in [1.82, 2.24) is 5.32 Å². The Hall–Kier alpha value is -1.75. The van der Waals surface area contributed by atoms with Crippen LogP contribution >= 0.6 is 0 Å². The highest BCUT2D eigenvalue weighted by molar-refractivity contribution is 5.82. The number of ether oxygens (including phenoxy) is 1. The molecule has 0 aliphatic rings. The Balaban J connectivity index is 2.16. The third-order valence-electron chi connectivity index (χ3n) is 2.61. The van der Waals surface area contributed by atoms with E-state index in [1.807, 2.05) is 38.1 Å². The molecule has 0 bridgehead atoms. The van der Waals surface area contributed by atoms with E-state index in [2.05, 4.69) is 10.5 Å². The molecular formula is C13H21N3O2. The van der Waals surface area contributed by atoms with E-state index in [1.165, 1.54) is 5.56 Å². The van der Waals surface area contributed by atoms with Crippen LogP contribution in [0.5, 0.6) is 5.75 Å². The number of oxime groups is 1. The molecule has 1 atom stereocenters. The third kappa shape index (κ3) is 5.05. The van der Waals surface area contributed by atoms with E-state index in [9.17, 15) is 0 Å². The van der Waals surface area contributed by atoms with Crippen molar-refractivity contribution < 1.29 is 9.94 Å². The number of nitrogens with zero attached hydrogens (tertiary/aromatic N) is 1. The molecule has 0 aromatic heterocycles. The van der Waals surface area contributed by atoms with Crippen LogP contribution < -0.4 is 15.8 Å². The Morgan fingerprint density at radius 2 is 2.33 bits per heavy atom. The number of nitrogens with two attached hydrogens (primary N) is 1. The first-order valence-corrected chi connectivity index (χ1v) is 6.01. The fourth-order valence-electron chi connectivity index (χ4n) is 1.47. The molecule has 5 heteroatoms. The lowest BCUT2D eigenvalue weighted by Crippen LogP contribution is -2.33. The second kappa shape index (κ2) is 7.55. The van der Waals surface area contributed by atoms with Gasteiger partial charge in [0.25, 0.3) is 0 Å². The highest BCUT2D eigenvalue weighted by Crippen LogP contribution is 2.11. The second-order valence-electron chi connectivity index (χ2n) is 4.30. The van der Waals surface area contributed by atoms with Gasteiger partial charge in [-0.3, -0.25) is 0 Å². The minimum absolute atomic E-state index is 0.00831. The van der Waals surface area contributed by atoms with Gasteiger partial charge in [0.1, 0.15) is 18.2 Å². The van der Waals surface area contributed by atoms with Crippen LogP contribution in [0.4, 0.5) is 0 Å². The number of aryl methyl sites for hydroxylation is 1. The van der Waals surface area contributed by atoms with E-state index >= 15 is 0 Å². The number of hydrogen-bond donors (Lipinski definition) is 3. The van der Waals surface area contributed by atoms with Crippen LogP contribution in [0.1, 0.15) is 12.5 Å². The van der Waals surface area contributed by atoms with Crippen molar-refractivity contribution in [1.29, 1.82) is 0 Å². The average Bonchev–Trinajstić information content (AvgIpc) is 2.37. The number of rotatable bonds is 7. The zero-order chi connectivity index (χ0) is 13.4. The highest BCUT2D eigenvalue weighted by Gasteiger charge is 2.06. The summed E-state index contributed by atoms with van der Waals surface area (Å²) in [5.41, 5.74) is 6.65. The molecule has 100 valence electrons. The molecule has 0 fully saturated rings. The largest absolute Gasteiger partial charge is 0.492 e. The Bertz CT molecular complexity index is 394. The topological polar surface area (TPSA) is 79.9 Å². The fraction of sp³-hybridized carbons (Fsp3) is 0.462. The molecule has 1 aromatic carbocycles. The smallest absolute Gasteiger partial charge is 0.143 e. The van der Waals surface area contributed by atoms with E-state index in [-0.39, 0.29) is 11.8 Å². The van der Waals surface area contributed by atoms with Crippen molar-refractivity contribution in [3.05, 3.63) is 29.8 Å². The predicted molar refractivity (Wildman–Crippen MR) is 72.1 cm³/mol. The van der Waals surface area contributed by atoms with Crippen LogP contribution in [0.2, 0.25) is 0 Å². The van der Waals surface area contributed by atoms with Crippen molar-refractivity contribution in [2.24, 2.45) is 16.8 Å². The van der Waals surface area contributed by atoms with Gasteiger partial charge >= 0.3 is 0 Å². The highest BCUT2D eigenvalue weighted by atomic mass is 16.5. The first kappa shape index (κ1) is 14.3. The Labute approximate surface area is 108 Å². The second-order valence-corrected chi connectivity index (χ2v) is 4.30. The van der Waals surface area contributed by atoms with Gasteiger partial charge < -0.3 is 21.0 Å². The molecule has 0 heterocycles. The van der Waals surface area contributed by atoms with E-state index < -0.39 is 0 Å². The SMILES string of the molecule is Cc1cccc(OCCNCC(C)C(N)=NO)c1. The van der Waals surface area contributed by atoms with Crippen LogP contribution in [0, 0.1) is 12.8 Å². The van der Waals surface area contributed by atoms with Gasteiger partial charge in [-0.25, -0.2) is 0 Å². The fourth-order valence-corrected chi connectivity index (χ4v) is 1.47. The van der Waals surface area contributed by atoms with Gasteiger partial charge in [0.05, 0.1) is 0 Å². The molecular weight excluding hydrogens is 230 g/mol. The lowest BCUT2D eigenvalue weighted by atomic mass is 10.1. The molecule has 0 aliphatic carbocycles. The summed E-state index contributed by atoms with van der Waals surface area (Å²) in [7, 11) is 0. The zero-order valence-electron chi connectivity index (χ0n) is 10.9. The third-order valence-corrected chi connectivity index (χ3v) is 2.61. The molecule has 0 saturated heterocycles. The van der Waals surface area contributed by atoms with Gasteiger partial charge in [0, 0.05) is 19.0 Å². The molecule has 0 radical (unpaired) electrons. The summed E-state index contributed by atoms with van der Waals surface area (Å²) < 4.78 is 5.58. The van der Waals surface area contributed by atoms with Crippen LogP contribution in [-0.4, -0.2) is 30.7 Å². The van der Waals surface area contributed by atoms with E-state index in [0.29, 0.717) is 13.2 Å². The summed E-state index contributed by atoms with van der Waals surface area (Å²) in [4.78, 5) is 0. The number of nitrogens with one attached hydrogen (secondary N) is 1. The minimum Gasteiger partial charge on any atom is -0.492 e. The van der Waals surface area contributed by atoms with Gasteiger partial charge in [0.15, 0.2) is 0 Å². The van der Waals surface area contributed by atoms with E-state index in [4.69, 9.17) is 15.7 Å². The number of benzene rings is 1. The van der Waals surface area contributed by atoms with Crippen molar-refractivity contribution in [3.8, 4) is 5.75 Å². The molecule has 0 spiro atoms. The lowest BCUT2D eigenvalue weighted by molar-refractivity contribution is 0.307. The number of hydrogen-bond acceptors (Lipinski definition) is 4.